The van der Waals surface area contributed by atoms with E-state index >= 15 is 0 Å². The van der Waals surface area contributed by atoms with E-state index in [2.05, 4.69) is 30.6 Å². The molecule has 0 fully saturated rings. The van der Waals surface area contributed by atoms with Gasteiger partial charge in [-0.15, -0.1) is 10.2 Å². The first-order valence-electron chi connectivity index (χ1n) is 11.1. The topological polar surface area (TPSA) is 115 Å². The Morgan fingerprint density at radius 1 is 1.17 bits per heavy atom. The van der Waals surface area contributed by atoms with Crippen molar-refractivity contribution >= 4 is 17.2 Å². The summed E-state index contributed by atoms with van der Waals surface area (Å²) in [5.41, 5.74) is 0.451. The van der Waals surface area contributed by atoms with Crippen molar-refractivity contribution in [2.75, 3.05) is 11.9 Å². The van der Waals surface area contributed by atoms with Gasteiger partial charge in [0.05, 0.1) is 12.3 Å². The third-order valence-corrected chi connectivity index (χ3v) is 6.36. The van der Waals surface area contributed by atoms with Crippen LogP contribution < -0.4 is 10.1 Å². The van der Waals surface area contributed by atoms with Crippen molar-refractivity contribution < 1.29 is 23.0 Å². The number of fused-ring (bicyclic) bond motifs is 3. The number of rotatable bonds is 6. The predicted octanol–water partition coefficient (Wildman–Crippen LogP) is 2.99. The number of aliphatic hydroxyl groups is 1. The molecule has 1 aromatic carbocycles. The minimum absolute atomic E-state index is 0.112. The second-order valence-electron chi connectivity index (χ2n) is 8.55. The molecule has 5 heterocycles. The molecule has 0 saturated carbocycles. The lowest BCUT2D eigenvalue weighted by Gasteiger charge is -2.23. The summed E-state index contributed by atoms with van der Waals surface area (Å²) in [4.78, 5) is 8.68. The van der Waals surface area contributed by atoms with Crippen LogP contribution in [-0.2, 0) is 18.6 Å². The van der Waals surface area contributed by atoms with Crippen LogP contribution in [0.4, 0.5) is 19.1 Å². The first-order valence-corrected chi connectivity index (χ1v) is 11.1. The molecule has 10 nitrogen and oxygen atoms in total. The van der Waals surface area contributed by atoms with Gasteiger partial charge in [-0.3, -0.25) is 4.40 Å². The van der Waals surface area contributed by atoms with Gasteiger partial charge in [0.2, 0.25) is 5.95 Å². The van der Waals surface area contributed by atoms with E-state index in [4.69, 9.17) is 4.74 Å². The van der Waals surface area contributed by atoms with E-state index in [9.17, 15) is 18.3 Å². The molecule has 13 heteroatoms. The molecule has 0 spiro atoms. The van der Waals surface area contributed by atoms with Crippen molar-refractivity contribution in [3.05, 3.63) is 65.8 Å². The summed E-state index contributed by atoms with van der Waals surface area (Å²) in [5, 5.41) is 25.7. The molecule has 0 amide bonds. The summed E-state index contributed by atoms with van der Waals surface area (Å²) >= 11 is 0. The quantitative estimate of drug-likeness (QED) is 0.369. The maximum Gasteiger partial charge on any atom is 0.272 e. The van der Waals surface area contributed by atoms with Crippen LogP contribution in [0.1, 0.15) is 23.7 Å². The van der Waals surface area contributed by atoms with Crippen LogP contribution in [0.2, 0.25) is 0 Å². The Labute approximate surface area is 201 Å². The molecule has 6 rings (SSSR count). The highest BCUT2D eigenvalue weighted by atomic mass is 19.3. The summed E-state index contributed by atoms with van der Waals surface area (Å²) < 4.78 is 49.8. The van der Waals surface area contributed by atoms with Crippen LogP contribution in [0.5, 0.6) is 5.75 Å². The van der Waals surface area contributed by atoms with Crippen LogP contribution in [0.25, 0.3) is 22.4 Å². The molecular weight excluding hydrogens is 477 g/mol. The molecule has 1 unspecified atom stereocenters. The second-order valence-corrected chi connectivity index (χ2v) is 8.55. The van der Waals surface area contributed by atoms with Gasteiger partial charge in [-0.25, -0.2) is 27.7 Å². The first-order chi connectivity index (χ1) is 17.4. The maximum absolute atomic E-state index is 14.5. The van der Waals surface area contributed by atoms with Gasteiger partial charge in [0.15, 0.2) is 16.9 Å². The minimum atomic E-state index is -3.03. The molecule has 184 valence electrons. The number of nitrogens with zero attached hydrogens (tertiary/aromatic N) is 7. The van der Waals surface area contributed by atoms with E-state index in [1.54, 1.807) is 16.5 Å². The standard InChI is InChI=1S/C23H19F3N8O2/c1-23(35,21(25)26)18-5-2-13(19-29-10-31-34(18)19)15-9-28-22(33-11-30-32-20(15)33)27-8-14-12-6-7-36-17(12)4-3-16(14)24/h2-5,9-11,21,35H,6-8H2,1H3,(H,27,28). The van der Waals surface area contributed by atoms with Crippen molar-refractivity contribution in [3.8, 4) is 16.9 Å². The van der Waals surface area contributed by atoms with E-state index in [1.807, 2.05) is 0 Å². The Kier molecular flexibility index (Phi) is 5.03. The van der Waals surface area contributed by atoms with Crippen molar-refractivity contribution in [2.45, 2.75) is 31.9 Å². The summed E-state index contributed by atoms with van der Waals surface area (Å²) in [7, 11) is 0. The SMILES string of the molecule is CC(O)(c1ccc(-c2cnc(NCc3c(F)ccc4c3CCO4)n3cnnc23)c2ncnn12)C(F)F. The highest BCUT2D eigenvalue weighted by molar-refractivity contribution is 5.86. The Morgan fingerprint density at radius 2 is 2.03 bits per heavy atom. The molecule has 0 saturated heterocycles. The largest absolute Gasteiger partial charge is 0.493 e. The van der Waals surface area contributed by atoms with Crippen molar-refractivity contribution in [1.82, 2.24) is 34.2 Å². The second kappa shape index (κ2) is 8.16. The van der Waals surface area contributed by atoms with Gasteiger partial charge in [-0.1, -0.05) is 0 Å². The number of halogens is 3. The van der Waals surface area contributed by atoms with Gasteiger partial charge in [0.25, 0.3) is 6.43 Å². The van der Waals surface area contributed by atoms with E-state index in [0.717, 1.165) is 12.5 Å². The van der Waals surface area contributed by atoms with E-state index in [0.29, 0.717) is 47.1 Å². The van der Waals surface area contributed by atoms with Gasteiger partial charge in [0, 0.05) is 41.4 Å². The Morgan fingerprint density at radius 3 is 2.86 bits per heavy atom. The number of benzene rings is 1. The predicted molar refractivity (Wildman–Crippen MR) is 121 cm³/mol. The molecule has 1 atom stereocenters. The Balaban J connectivity index is 1.39. The third kappa shape index (κ3) is 3.34. The smallest absolute Gasteiger partial charge is 0.272 e. The van der Waals surface area contributed by atoms with Crippen molar-refractivity contribution in [3.63, 3.8) is 0 Å². The summed E-state index contributed by atoms with van der Waals surface area (Å²) in [6.45, 7) is 1.70. The summed E-state index contributed by atoms with van der Waals surface area (Å²) in [6, 6.07) is 5.93. The fourth-order valence-electron chi connectivity index (χ4n) is 4.43. The molecular formula is C23H19F3N8O2. The highest BCUT2D eigenvalue weighted by Gasteiger charge is 2.37. The van der Waals surface area contributed by atoms with Gasteiger partial charge in [0.1, 0.15) is 24.2 Å². The van der Waals surface area contributed by atoms with Crippen LogP contribution in [0.3, 0.4) is 0 Å². The fourth-order valence-corrected chi connectivity index (χ4v) is 4.43. The third-order valence-electron chi connectivity index (χ3n) is 6.36. The number of pyridine rings is 1. The number of aromatic nitrogens is 7. The monoisotopic (exact) mass is 496 g/mol. The minimum Gasteiger partial charge on any atom is -0.493 e. The first kappa shape index (κ1) is 22.2. The number of alkyl halides is 2. The molecule has 4 aromatic heterocycles. The number of hydrogen-bond acceptors (Lipinski definition) is 8. The Bertz CT molecular complexity index is 1610. The molecule has 0 aliphatic carbocycles. The molecule has 5 aromatic rings. The number of ether oxygens (including phenoxy) is 1. The average molecular weight is 496 g/mol. The number of anilines is 1. The maximum atomic E-state index is 14.5. The van der Waals surface area contributed by atoms with Crippen molar-refractivity contribution in [2.24, 2.45) is 0 Å². The summed E-state index contributed by atoms with van der Waals surface area (Å²) in [6.07, 6.45) is 1.80. The molecule has 0 bridgehead atoms. The lowest BCUT2D eigenvalue weighted by molar-refractivity contribution is -0.0922. The Hall–Kier alpha value is -4.26. The molecule has 1 aliphatic heterocycles. The molecule has 36 heavy (non-hydrogen) atoms. The van der Waals surface area contributed by atoms with E-state index in [1.165, 1.54) is 35.5 Å². The zero-order valence-corrected chi connectivity index (χ0v) is 18.9. The summed E-state index contributed by atoms with van der Waals surface area (Å²) in [5.74, 6) is 0.722. The number of hydrogen-bond donors (Lipinski definition) is 2. The van der Waals surface area contributed by atoms with Gasteiger partial charge in [-0.2, -0.15) is 5.10 Å². The average Bonchev–Trinajstić information content (AvgIpc) is 3.63. The number of nitrogens with one attached hydrogen (secondary N) is 1. The zero-order chi connectivity index (χ0) is 25.0. The lowest BCUT2D eigenvalue weighted by atomic mass is 10.0. The van der Waals surface area contributed by atoms with Gasteiger partial charge < -0.3 is 15.2 Å². The molecule has 0 radical (unpaired) electrons. The van der Waals surface area contributed by atoms with Gasteiger partial charge in [-0.05, 0) is 31.2 Å². The van der Waals surface area contributed by atoms with Crippen molar-refractivity contribution in [1.29, 1.82) is 0 Å². The van der Waals surface area contributed by atoms with Crippen LogP contribution >= 0.6 is 0 Å². The normalized spacial score (nSPS) is 14.8. The van der Waals surface area contributed by atoms with Gasteiger partial charge >= 0.3 is 0 Å². The molecule has 2 N–H and O–H groups in total. The van der Waals surface area contributed by atoms with Crippen LogP contribution in [0, 0.1) is 5.82 Å². The fraction of sp³-hybridized carbons (Fsp3) is 0.261. The van der Waals surface area contributed by atoms with Crippen LogP contribution in [-0.4, -0.2) is 52.3 Å². The highest BCUT2D eigenvalue weighted by Crippen LogP contribution is 2.34. The zero-order valence-electron chi connectivity index (χ0n) is 18.9. The lowest BCUT2D eigenvalue weighted by Crippen LogP contribution is -2.33. The van der Waals surface area contributed by atoms with Crippen LogP contribution in [0.15, 0.2) is 43.1 Å². The van der Waals surface area contributed by atoms with E-state index in [-0.39, 0.29) is 23.7 Å². The molecule has 1 aliphatic rings. The van der Waals surface area contributed by atoms with E-state index < -0.39 is 12.0 Å².